The van der Waals surface area contributed by atoms with E-state index in [1.807, 2.05) is 36.4 Å². The summed E-state index contributed by atoms with van der Waals surface area (Å²) in [5.41, 5.74) is 3.30. The molecule has 1 saturated heterocycles. The van der Waals surface area contributed by atoms with Gasteiger partial charge in [0.1, 0.15) is 24.0 Å². The third-order valence-electron chi connectivity index (χ3n) is 9.50. The third kappa shape index (κ3) is 8.26. The molecule has 3 aliphatic heterocycles. The van der Waals surface area contributed by atoms with Crippen molar-refractivity contribution in [3.8, 4) is 5.75 Å². The van der Waals surface area contributed by atoms with Crippen LogP contribution in [0.2, 0.25) is 0 Å². The van der Waals surface area contributed by atoms with Gasteiger partial charge in [-0.1, -0.05) is 72.7 Å². The molecule has 2 atom stereocenters. The van der Waals surface area contributed by atoms with Crippen molar-refractivity contribution in [3.63, 3.8) is 0 Å². The molecule has 3 aromatic carbocycles. The molecule has 2 unspecified atom stereocenters. The van der Waals surface area contributed by atoms with Crippen LogP contribution in [0.5, 0.6) is 5.75 Å². The third-order valence-corrected chi connectivity index (χ3v) is 11.0. The van der Waals surface area contributed by atoms with E-state index in [9.17, 15) is 13.2 Å². The molecule has 1 amide bonds. The Morgan fingerprint density at radius 3 is 2.67 bits per heavy atom. The number of piperidine rings is 1. The topological polar surface area (TPSA) is 106 Å². The molecule has 3 heterocycles. The van der Waals surface area contributed by atoms with Crippen LogP contribution in [-0.4, -0.2) is 45.0 Å². The van der Waals surface area contributed by atoms with Crippen molar-refractivity contribution in [2.75, 3.05) is 19.7 Å². The van der Waals surface area contributed by atoms with Crippen LogP contribution in [0.3, 0.4) is 0 Å². The minimum atomic E-state index is -4.06. The quantitative estimate of drug-likeness (QED) is 0.227. The number of ether oxygens (including phenoxy) is 3. The first-order chi connectivity index (χ1) is 23.9. The van der Waals surface area contributed by atoms with Crippen LogP contribution in [0.1, 0.15) is 68.5 Å². The summed E-state index contributed by atoms with van der Waals surface area (Å²) in [6.07, 6.45) is 15.6. The summed E-state index contributed by atoms with van der Waals surface area (Å²) in [6.45, 7) is 3.58. The fourth-order valence-electron chi connectivity index (χ4n) is 6.92. The zero-order valence-corrected chi connectivity index (χ0v) is 28.4. The highest BCUT2D eigenvalue weighted by molar-refractivity contribution is 7.89. The standard InChI is InChI=1S/C39H43N3O6S/c43-39(40-35-17-20-47-37-22-29(13-16-34(35)37)25-42-18-7-2-8-19-42)24-36(38-27-46-26-32(48-38)21-28-9-3-1-4-10-28)41-49(44,45)33-15-14-30-11-5-6-12-31(30)23-33/h1,3,5-6,9,11-16,22-23,26-27,35-36,41H,2,4,7-8,10,17-21,24-25H2,(H,40,43). The second-order valence-corrected chi connectivity index (χ2v) is 14.9. The Morgan fingerprint density at radius 2 is 1.84 bits per heavy atom. The zero-order chi connectivity index (χ0) is 33.6. The van der Waals surface area contributed by atoms with Crippen molar-refractivity contribution in [1.82, 2.24) is 14.9 Å². The van der Waals surface area contributed by atoms with Gasteiger partial charge in [0, 0.05) is 24.9 Å². The number of likely N-dealkylation sites (tertiary alicyclic amines) is 1. The first-order valence-corrected chi connectivity index (χ1v) is 18.7. The number of sulfonamides is 1. The van der Waals surface area contributed by atoms with Crippen molar-refractivity contribution < 1.29 is 27.4 Å². The number of hydrogen-bond donors (Lipinski definition) is 2. The second-order valence-electron chi connectivity index (χ2n) is 13.2. The van der Waals surface area contributed by atoms with Crippen molar-refractivity contribution in [2.24, 2.45) is 0 Å². The predicted molar refractivity (Wildman–Crippen MR) is 189 cm³/mol. The van der Waals surface area contributed by atoms with Gasteiger partial charge in [0.15, 0.2) is 5.76 Å². The lowest BCUT2D eigenvalue weighted by Gasteiger charge is -2.30. The lowest BCUT2D eigenvalue weighted by Crippen LogP contribution is -2.42. The molecule has 1 fully saturated rings. The van der Waals surface area contributed by atoms with Crippen molar-refractivity contribution in [1.29, 1.82) is 0 Å². The van der Waals surface area contributed by atoms with E-state index in [0.717, 1.165) is 54.6 Å². The summed E-state index contributed by atoms with van der Waals surface area (Å²) >= 11 is 0. The SMILES string of the molecule is O=C(CC(NS(=O)(=O)c1ccc2ccccc2c1)C1=COC=C(CC2=CC=CCC2)O1)NC1CCOc2cc(CN3CCCCC3)ccc21. The molecule has 0 saturated carbocycles. The smallest absolute Gasteiger partial charge is 0.241 e. The summed E-state index contributed by atoms with van der Waals surface area (Å²) in [7, 11) is -4.06. The van der Waals surface area contributed by atoms with Crippen molar-refractivity contribution >= 4 is 26.7 Å². The maximum absolute atomic E-state index is 13.8. The van der Waals surface area contributed by atoms with Crippen molar-refractivity contribution in [2.45, 2.75) is 74.9 Å². The summed E-state index contributed by atoms with van der Waals surface area (Å²) < 4.78 is 48.3. The average Bonchev–Trinajstić information content (AvgIpc) is 3.12. The maximum atomic E-state index is 13.8. The van der Waals surface area contributed by atoms with Gasteiger partial charge in [0.05, 0.1) is 30.0 Å². The van der Waals surface area contributed by atoms with Crippen LogP contribution in [0, 0.1) is 0 Å². The number of nitrogens with zero attached hydrogens (tertiary/aromatic N) is 1. The van der Waals surface area contributed by atoms with Crippen LogP contribution >= 0.6 is 0 Å². The minimum absolute atomic E-state index is 0.0996. The highest BCUT2D eigenvalue weighted by Gasteiger charge is 2.31. The highest BCUT2D eigenvalue weighted by Crippen LogP contribution is 2.34. The Morgan fingerprint density at radius 1 is 0.980 bits per heavy atom. The summed E-state index contributed by atoms with van der Waals surface area (Å²) in [5, 5.41) is 4.88. The van der Waals surface area contributed by atoms with Crippen LogP contribution in [-0.2, 0) is 30.8 Å². The Bertz CT molecular complexity index is 1930. The van der Waals surface area contributed by atoms with E-state index in [-0.39, 0.29) is 29.0 Å². The fraction of sp³-hybridized carbons (Fsp3) is 0.359. The molecular weight excluding hydrogens is 639 g/mol. The van der Waals surface area contributed by atoms with Gasteiger partial charge in [0.25, 0.3) is 0 Å². The van der Waals surface area contributed by atoms with Gasteiger partial charge in [-0.15, -0.1) is 0 Å². The Balaban J connectivity index is 1.08. The Labute approximate surface area is 288 Å². The number of hydrogen-bond acceptors (Lipinski definition) is 7. The second kappa shape index (κ2) is 15.0. The first-order valence-electron chi connectivity index (χ1n) is 17.3. The molecule has 7 rings (SSSR count). The molecular formula is C39H43N3O6S. The van der Waals surface area contributed by atoms with Crippen LogP contribution in [0.15, 0.2) is 113 Å². The lowest BCUT2D eigenvalue weighted by molar-refractivity contribution is -0.122. The minimum Gasteiger partial charge on any atom is -0.493 e. The maximum Gasteiger partial charge on any atom is 0.241 e. The number of rotatable bonds is 11. The van der Waals surface area contributed by atoms with E-state index in [4.69, 9.17) is 14.2 Å². The number of allylic oxidation sites excluding steroid dienone is 4. The van der Waals surface area contributed by atoms with Gasteiger partial charge in [-0.25, -0.2) is 8.42 Å². The molecule has 1 aliphatic carbocycles. The largest absolute Gasteiger partial charge is 0.493 e. The van der Waals surface area contributed by atoms with E-state index in [0.29, 0.717) is 25.2 Å². The first kappa shape index (κ1) is 33.1. The molecule has 2 N–H and O–H groups in total. The monoisotopic (exact) mass is 681 g/mol. The van der Waals surface area contributed by atoms with E-state index in [2.05, 4.69) is 39.2 Å². The van der Waals surface area contributed by atoms with Gasteiger partial charge in [0.2, 0.25) is 15.9 Å². The number of carbonyl (C=O) groups excluding carboxylic acids is 1. The number of nitrogens with one attached hydrogen (secondary N) is 2. The molecule has 0 spiro atoms. The van der Waals surface area contributed by atoms with Gasteiger partial charge in [-0.05, 0) is 73.3 Å². The molecule has 49 heavy (non-hydrogen) atoms. The molecule has 0 aromatic heterocycles. The van der Waals surface area contributed by atoms with Gasteiger partial charge in [-0.2, -0.15) is 4.72 Å². The molecule has 9 nitrogen and oxygen atoms in total. The Kier molecular flexibility index (Phi) is 10.2. The average molecular weight is 682 g/mol. The van der Waals surface area contributed by atoms with E-state index in [1.54, 1.807) is 18.2 Å². The van der Waals surface area contributed by atoms with Gasteiger partial charge < -0.3 is 19.5 Å². The zero-order valence-electron chi connectivity index (χ0n) is 27.6. The number of fused-ring (bicyclic) bond motifs is 2. The fourth-order valence-corrected chi connectivity index (χ4v) is 8.16. The van der Waals surface area contributed by atoms with E-state index >= 15 is 0 Å². The number of benzene rings is 3. The highest BCUT2D eigenvalue weighted by atomic mass is 32.2. The summed E-state index contributed by atoms with van der Waals surface area (Å²) in [5.74, 6) is 1.24. The summed E-state index contributed by atoms with van der Waals surface area (Å²) in [4.78, 5) is 16.3. The summed E-state index contributed by atoms with van der Waals surface area (Å²) in [6, 6.07) is 17.5. The Hall–Kier alpha value is -4.38. The van der Waals surface area contributed by atoms with Crippen molar-refractivity contribution in [3.05, 3.63) is 120 Å². The number of amides is 1. The van der Waals surface area contributed by atoms with E-state index in [1.165, 1.54) is 42.9 Å². The van der Waals surface area contributed by atoms with E-state index < -0.39 is 16.1 Å². The van der Waals surface area contributed by atoms with Crippen LogP contribution in [0.25, 0.3) is 10.8 Å². The predicted octanol–water partition coefficient (Wildman–Crippen LogP) is 6.90. The normalized spacial score (nSPS) is 20.1. The molecule has 0 bridgehead atoms. The molecule has 4 aliphatic rings. The molecule has 256 valence electrons. The van der Waals surface area contributed by atoms with Crippen LogP contribution < -0.4 is 14.8 Å². The molecule has 10 heteroatoms. The van der Waals surface area contributed by atoms with Crippen LogP contribution in [0.4, 0.5) is 0 Å². The number of carbonyl (C=O) groups is 1. The lowest BCUT2D eigenvalue weighted by atomic mass is 9.98. The van der Waals surface area contributed by atoms with Gasteiger partial charge in [-0.3, -0.25) is 9.69 Å². The molecule has 3 aromatic rings. The molecule has 0 radical (unpaired) electrons. The van der Waals surface area contributed by atoms with Gasteiger partial charge >= 0.3 is 0 Å².